The van der Waals surface area contributed by atoms with E-state index < -0.39 is 0 Å². The van der Waals surface area contributed by atoms with Gasteiger partial charge in [-0.25, -0.2) is 0 Å². The zero-order chi connectivity index (χ0) is 19.3. The fourth-order valence-corrected chi connectivity index (χ4v) is 3.71. The summed E-state index contributed by atoms with van der Waals surface area (Å²) < 4.78 is 11.8. The van der Waals surface area contributed by atoms with Crippen LogP contribution in [0.5, 0.6) is 11.5 Å². The van der Waals surface area contributed by atoms with Gasteiger partial charge in [-0.3, -0.25) is 14.6 Å². The SMILES string of the molecule is O=C(CN1CCN(C[C@@H]2COc3ccccc3O2)CC1)Nc1ccccc1Cl. The molecule has 28 heavy (non-hydrogen) atoms. The van der Waals surface area contributed by atoms with Crippen LogP contribution in [-0.4, -0.2) is 67.7 Å². The zero-order valence-electron chi connectivity index (χ0n) is 15.6. The van der Waals surface area contributed by atoms with Crippen LogP contribution in [0.4, 0.5) is 5.69 Å². The second-order valence-electron chi connectivity index (χ2n) is 7.10. The zero-order valence-corrected chi connectivity index (χ0v) is 16.4. The van der Waals surface area contributed by atoms with Gasteiger partial charge in [-0.2, -0.15) is 0 Å². The minimum atomic E-state index is -0.0397. The lowest BCUT2D eigenvalue weighted by atomic mass is 10.2. The van der Waals surface area contributed by atoms with Crippen molar-refractivity contribution in [2.45, 2.75) is 6.10 Å². The Bertz CT molecular complexity index is 824. The molecule has 4 rings (SSSR count). The van der Waals surface area contributed by atoms with Gasteiger partial charge in [-0.05, 0) is 24.3 Å². The number of para-hydroxylation sites is 3. The molecule has 1 amide bonds. The molecule has 0 aliphatic carbocycles. The smallest absolute Gasteiger partial charge is 0.238 e. The Labute approximate surface area is 170 Å². The lowest BCUT2D eigenvalue weighted by Gasteiger charge is -2.37. The Morgan fingerprint density at radius 3 is 2.46 bits per heavy atom. The van der Waals surface area contributed by atoms with Crippen molar-refractivity contribution in [1.82, 2.24) is 9.80 Å². The molecule has 2 aromatic carbocycles. The molecule has 1 atom stereocenters. The summed E-state index contributed by atoms with van der Waals surface area (Å²) in [6.45, 7) is 5.27. The molecule has 0 spiro atoms. The molecule has 2 aliphatic heterocycles. The number of ether oxygens (including phenoxy) is 2. The number of benzene rings is 2. The highest BCUT2D eigenvalue weighted by Gasteiger charge is 2.26. The third-order valence-electron chi connectivity index (χ3n) is 5.01. The number of nitrogens with one attached hydrogen (secondary N) is 1. The van der Waals surface area contributed by atoms with Crippen LogP contribution in [0.25, 0.3) is 0 Å². The summed E-state index contributed by atoms with van der Waals surface area (Å²) in [4.78, 5) is 16.8. The number of rotatable bonds is 5. The van der Waals surface area contributed by atoms with E-state index in [-0.39, 0.29) is 12.0 Å². The Hall–Kier alpha value is -2.28. The number of hydrogen-bond donors (Lipinski definition) is 1. The molecule has 1 fully saturated rings. The fourth-order valence-electron chi connectivity index (χ4n) is 3.53. The van der Waals surface area contributed by atoms with Crippen LogP contribution in [0.15, 0.2) is 48.5 Å². The van der Waals surface area contributed by atoms with Crippen molar-refractivity contribution in [2.24, 2.45) is 0 Å². The summed E-state index contributed by atoms with van der Waals surface area (Å²) in [7, 11) is 0. The highest BCUT2D eigenvalue weighted by Crippen LogP contribution is 2.31. The highest BCUT2D eigenvalue weighted by atomic mass is 35.5. The van der Waals surface area contributed by atoms with Gasteiger partial charge in [-0.1, -0.05) is 35.9 Å². The summed E-state index contributed by atoms with van der Waals surface area (Å²) in [6.07, 6.45) is 0.0324. The van der Waals surface area contributed by atoms with E-state index in [0.717, 1.165) is 44.2 Å². The van der Waals surface area contributed by atoms with Crippen molar-refractivity contribution in [1.29, 1.82) is 0 Å². The second kappa shape index (κ2) is 8.82. The van der Waals surface area contributed by atoms with E-state index >= 15 is 0 Å². The van der Waals surface area contributed by atoms with Crippen LogP contribution in [0.1, 0.15) is 0 Å². The number of anilines is 1. The predicted octanol–water partition coefficient (Wildman–Crippen LogP) is 2.74. The average Bonchev–Trinajstić information content (AvgIpc) is 2.71. The van der Waals surface area contributed by atoms with Gasteiger partial charge in [0.2, 0.25) is 5.91 Å². The summed E-state index contributed by atoms with van der Waals surface area (Å²) in [6, 6.07) is 15.1. The fraction of sp³-hybridized carbons (Fsp3) is 0.381. The van der Waals surface area contributed by atoms with Crippen LogP contribution in [0, 0.1) is 0 Å². The molecule has 1 N–H and O–H groups in total. The lowest BCUT2D eigenvalue weighted by Crippen LogP contribution is -2.51. The largest absolute Gasteiger partial charge is 0.486 e. The van der Waals surface area contributed by atoms with Crippen molar-refractivity contribution >= 4 is 23.2 Å². The number of nitrogens with zero attached hydrogens (tertiary/aromatic N) is 2. The molecule has 1 saturated heterocycles. The maximum atomic E-state index is 12.3. The molecular formula is C21H24ClN3O3. The quantitative estimate of drug-likeness (QED) is 0.834. The lowest BCUT2D eigenvalue weighted by molar-refractivity contribution is -0.117. The van der Waals surface area contributed by atoms with Gasteiger partial charge in [-0.15, -0.1) is 0 Å². The summed E-state index contributed by atoms with van der Waals surface area (Å²) in [5, 5.41) is 3.43. The first-order valence-electron chi connectivity index (χ1n) is 9.55. The van der Waals surface area contributed by atoms with E-state index in [1.807, 2.05) is 42.5 Å². The van der Waals surface area contributed by atoms with Gasteiger partial charge in [0.05, 0.1) is 17.3 Å². The highest BCUT2D eigenvalue weighted by molar-refractivity contribution is 6.33. The summed E-state index contributed by atoms with van der Waals surface area (Å²) in [5.41, 5.74) is 0.655. The molecule has 0 aromatic heterocycles. The first-order valence-corrected chi connectivity index (χ1v) is 9.93. The van der Waals surface area contributed by atoms with E-state index in [0.29, 0.717) is 23.9 Å². The van der Waals surface area contributed by atoms with E-state index in [4.69, 9.17) is 21.1 Å². The molecule has 0 unspecified atom stereocenters. The first-order chi connectivity index (χ1) is 13.7. The first kappa shape index (κ1) is 19.1. The maximum absolute atomic E-state index is 12.3. The number of carbonyl (C=O) groups excluding carboxylic acids is 1. The molecule has 0 radical (unpaired) electrons. The maximum Gasteiger partial charge on any atom is 0.238 e. The Balaban J connectivity index is 1.21. The van der Waals surface area contributed by atoms with Gasteiger partial charge in [0.1, 0.15) is 12.7 Å². The van der Waals surface area contributed by atoms with Gasteiger partial charge < -0.3 is 14.8 Å². The summed E-state index contributed by atoms with van der Waals surface area (Å²) in [5.74, 6) is 1.59. The number of halogens is 1. The van der Waals surface area contributed by atoms with Gasteiger partial charge in [0.25, 0.3) is 0 Å². The number of piperazine rings is 1. The molecule has 148 valence electrons. The van der Waals surface area contributed by atoms with Crippen LogP contribution >= 0.6 is 11.6 Å². The number of carbonyl (C=O) groups is 1. The third-order valence-corrected chi connectivity index (χ3v) is 5.34. The molecule has 0 saturated carbocycles. The molecule has 2 aliphatic rings. The standard InChI is InChI=1S/C21H24ClN3O3/c22-17-5-1-2-6-18(17)23-21(26)14-25-11-9-24(10-12-25)13-16-15-27-19-7-3-4-8-20(19)28-16/h1-8,16H,9-15H2,(H,23,26)/t16-/m1/s1. The van der Waals surface area contributed by atoms with Gasteiger partial charge in [0, 0.05) is 32.7 Å². The second-order valence-corrected chi connectivity index (χ2v) is 7.51. The van der Waals surface area contributed by atoms with Gasteiger partial charge in [0.15, 0.2) is 11.5 Å². The van der Waals surface area contributed by atoms with Crippen molar-refractivity contribution in [3.63, 3.8) is 0 Å². The number of fused-ring (bicyclic) bond motifs is 1. The minimum absolute atomic E-state index is 0.0324. The Morgan fingerprint density at radius 2 is 1.68 bits per heavy atom. The Kier molecular flexibility index (Phi) is 6.00. The van der Waals surface area contributed by atoms with E-state index in [1.54, 1.807) is 6.07 Å². The van der Waals surface area contributed by atoms with Crippen molar-refractivity contribution < 1.29 is 14.3 Å². The van der Waals surface area contributed by atoms with Crippen LogP contribution < -0.4 is 14.8 Å². The van der Waals surface area contributed by atoms with Gasteiger partial charge >= 0.3 is 0 Å². The van der Waals surface area contributed by atoms with Crippen LogP contribution in [0.3, 0.4) is 0 Å². The van der Waals surface area contributed by atoms with Crippen molar-refractivity contribution in [2.75, 3.05) is 51.2 Å². The van der Waals surface area contributed by atoms with Crippen molar-refractivity contribution in [3.8, 4) is 11.5 Å². The molecule has 2 heterocycles. The van der Waals surface area contributed by atoms with Crippen LogP contribution in [0.2, 0.25) is 5.02 Å². The van der Waals surface area contributed by atoms with E-state index in [9.17, 15) is 4.79 Å². The predicted molar refractivity (Wildman–Crippen MR) is 109 cm³/mol. The molecule has 2 aromatic rings. The topological polar surface area (TPSA) is 54.0 Å². The van der Waals surface area contributed by atoms with Crippen LogP contribution in [-0.2, 0) is 4.79 Å². The molecule has 0 bridgehead atoms. The monoisotopic (exact) mass is 401 g/mol. The average molecular weight is 402 g/mol. The number of amides is 1. The normalized spacial score (nSPS) is 20.0. The van der Waals surface area contributed by atoms with E-state index in [2.05, 4.69) is 15.1 Å². The Morgan fingerprint density at radius 1 is 1.00 bits per heavy atom. The molecule has 7 heteroatoms. The van der Waals surface area contributed by atoms with Crippen molar-refractivity contribution in [3.05, 3.63) is 53.6 Å². The molecular weight excluding hydrogens is 378 g/mol. The number of hydrogen-bond acceptors (Lipinski definition) is 5. The minimum Gasteiger partial charge on any atom is -0.486 e. The van der Waals surface area contributed by atoms with E-state index in [1.165, 1.54) is 0 Å². The summed E-state index contributed by atoms with van der Waals surface area (Å²) >= 11 is 6.10. The third kappa shape index (κ3) is 4.76. The molecule has 6 nitrogen and oxygen atoms in total.